The van der Waals surface area contributed by atoms with E-state index in [4.69, 9.17) is 9.97 Å². The summed E-state index contributed by atoms with van der Waals surface area (Å²) < 4.78 is 15.6. The molecule has 1 saturated heterocycles. The van der Waals surface area contributed by atoms with Crippen molar-refractivity contribution in [3.63, 3.8) is 0 Å². The molecular weight excluding hydrogens is 449 g/mol. The molecule has 0 atom stereocenters. The lowest BCUT2D eigenvalue weighted by atomic mass is 10.1. The Morgan fingerprint density at radius 1 is 1.21 bits per heavy atom. The lowest BCUT2D eigenvalue weighted by Crippen LogP contribution is -2.43. The zero-order chi connectivity index (χ0) is 23.8. The van der Waals surface area contributed by atoms with E-state index in [-0.39, 0.29) is 5.82 Å². The van der Waals surface area contributed by atoms with Gasteiger partial charge in [-0.15, -0.1) is 0 Å². The molecule has 1 fully saturated rings. The van der Waals surface area contributed by atoms with Gasteiger partial charge in [-0.25, -0.2) is 14.4 Å². The van der Waals surface area contributed by atoms with E-state index >= 15 is 0 Å². The molecule has 1 aliphatic rings. The maximum absolute atomic E-state index is 13.4. The Hall–Kier alpha value is -3.48. The molecule has 0 bridgehead atoms. The van der Waals surface area contributed by atoms with E-state index in [1.165, 1.54) is 29.2 Å². The van der Waals surface area contributed by atoms with Crippen LogP contribution in [0.2, 0.25) is 0 Å². The smallest absolute Gasteiger partial charge is 0.192 e. The van der Waals surface area contributed by atoms with Crippen LogP contribution in [0.15, 0.2) is 36.5 Å². The Morgan fingerprint density at radius 2 is 1.94 bits per heavy atom. The van der Waals surface area contributed by atoms with Crippen molar-refractivity contribution in [1.82, 2.24) is 19.7 Å². The van der Waals surface area contributed by atoms with Gasteiger partial charge in [-0.05, 0) is 49.2 Å². The number of halogens is 1. The fourth-order valence-corrected chi connectivity index (χ4v) is 5.29. The van der Waals surface area contributed by atoms with E-state index in [1.807, 2.05) is 11.9 Å². The van der Waals surface area contributed by atoms with Gasteiger partial charge in [-0.1, -0.05) is 18.3 Å². The van der Waals surface area contributed by atoms with E-state index in [1.54, 1.807) is 12.1 Å². The van der Waals surface area contributed by atoms with Crippen LogP contribution in [0, 0.1) is 24.1 Å². The van der Waals surface area contributed by atoms with Gasteiger partial charge in [0.15, 0.2) is 5.13 Å². The van der Waals surface area contributed by atoms with E-state index < -0.39 is 0 Å². The molecule has 1 aromatic carbocycles. The summed E-state index contributed by atoms with van der Waals surface area (Å²) in [5.74, 6) is 0.630. The van der Waals surface area contributed by atoms with Crippen LogP contribution in [0.25, 0.3) is 16.9 Å². The molecule has 34 heavy (non-hydrogen) atoms. The third-order valence-electron chi connectivity index (χ3n) is 6.19. The second-order valence-corrected chi connectivity index (χ2v) is 9.38. The summed E-state index contributed by atoms with van der Waals surface area (Å²) in [4.78, 5) is 14.6. The van der Waals surface area contributed by atoms with Crippen molar-refractivity contribution < 1.29 is 4.39 Å². The quantitative estimate of drug-likeness (QED) is 0.458. The van der Waals surface area contributed by atoms with Crippen LogP contribution in [-0.4, -0.2) is 47.6 Å². The number of benzene rings is 1. The van der Waals surface area contributed by atoms with Gasteiger partial charge in [0.25, 0.3) is 0 Å². The van der Waals surface area contributed by atoms with Gasteiger partial charge in [-0.2, -0.15) is 5.26 Å². The lowest BCUT2D eigenvalue weighted by Gasteiger charge is -2.30. The van der Waals surface area contributed by atoms with Gasteiger partial charge in [-0.3, -0.25) is 4.40 Å². The number of nitrogens with zero attached hydrogens (tertiary/aromatic N) is 6. The van der Waals surface area contributed by atoms with Gasteiger partial charge in [0.05, 0.1) is 11.4 Å². The predicted octanol–water partition coefficient (Wildman–Crippen LogP) is 4.52. The van der Waals surface area contributed by atoms with Crippen LogP contribution in [-0.2, 0) is 6.42 Å². The number of hydrogen-bond donors (Lipinski definition) is 1. The summed E-state index contributed by atoms with van der Waals surface area (Å²) in [6, 6.07) is 10.6. The zero-order valence-electron chi connectivity index (χ0n) is 19.5. The topological polar surface area (TPSA) is 72.5 Å². The number of pyridine rings is 1. The molecule has 7 nitrogen and oxygen atoms in total. The third-order valence-corrected chi connectivity index (χ3v) is 7.23. The highest BCUT2D eigenvalue weighted by molar-refractivity contribution is 7.16. The molecule has 0 amide bonds. The number of aryl methyl sites for hydroxylation is 2. The highest BCUT2D eigenvalue weighted by Crippen LogP contribution is 2.37. The molecule has 0 radical (unpaired) electrons. The SMILES string of the molecule is CCc1nc2c(C)cc(N3CCNCC3)cn2c1N(C)c1nc(-c2ccc(F)cc2)c(C#N)s1. The number of thiazole rings is 1. The minimum absolute atomic E-state index is 0.316. The third kappa shape index (κ3) is 3.89. The first-order chi connectivity index (χ1) is 16.5. The summed E-state index contributed by atoms with van der Waals surface area (Å²) in [6.45, 7) is 8.06. The lowest BCUT2D eigenvalue weighted by molar-refractivity contribution is 0.588. The van der Waals surface area contributed by atoms with E-state index in [0.29, 0.717) is 15.7 Å². The molecule has 1 N–H and O–H groups in total. The number of aromatic nitrogens is 3. The predicted molar refractivity (Wildman–Crippen MR) is 135 cm³/mol. The van der Waals surface area contributed by atoms with Crippen LogP contribution in [0.1, 0.15) is 23.1 Å². The number of anilines is 3. The summed E-state index contributed by atoms with van der Waals surface area (Å²) in [6.07, 6.45) is 2.93. The van der Waals surface area contributed by atoms with Crippen molar-refractivity contribution in [1.29, 1.82) is 5.26 Å². The molecule has 0 unspecified atom stereocenters. The Kier molecular flexibility index (Phi) is 5.94. The Balaban J connectivity index is 1.61. The molecule has 1 aliphatic heterocycles. The average Bonchev–Trinajstić information content (AvgIpc) is 3.46. The molecular formula is C25H26FN7S. The maximum atomic E-state index is 13.4. The van der Waals surface area contributed by atoms with Gasteiger partial charge < -0.3 is 15.1 Å². The fourth-order valence-electron chi connectivity index (χ4n) is 4.44. The Labute approximate surface area is 202 Å². The normalized spacial score (nSPS) is 13.9. The van der Waals surface area contributed by atoms with Crippen LogP contribution in [0.3, 0.4) is 0 Å². The van der Waals surface area contributed by atoms with Crippen LogP contribution < -0.4 is 15.1 Å². The van der Waals surface area contributed by atoms with Crippen molar-refractivity contribution in [2.24, 2.45) is 0 Å². The van der Waals surface area contributed by atoms with E-state index in [0.717, 1.165) is 60.9 Å². The number of rotatable bonds is 5. The fraction of sp³-hybridized carbons (Fsp3) is 0.320. The highest BCUT2D eigenvalue weighted by Gasteiger charge is 2.23. The zero-order valence-corrected chi connectivity index (χ0v) is 20.3. The summed E-state index contributed by atoms with van der Waals surface area (Å²) in [7, 11) is 1.96. The summed E-state index contributed by atoms with van der Waals surface area (Å²) in [5.41, 5.74) is 5.48. The highest BCUT2D eigenvalue weighted by atomic mass is 32.1. The molecule has 4 aromatic rings. The monoisotopic (exact) mass is 475 g/mol. The number of fused-ring (bicyclic) bond motifs is 1. The minimum atomic E-state index is -0.316. The van der Waals surface area contributed by atoms with Crippen LogP contribution >= 0.6 is 11.3 Å². The second kappa shape index (κ2) is 9.05. The van der Waals surface area contributed by atoms with E-state index in [9.17, 15) is 9.65 Å². The van der Waals surface area contributed by atoms with E-state index in [2.05, 4.69) is 46.8 Å². The van der Waals surface area contributed by atoms with Gasteiger partial charge >= 0.3 is 0 Å². The number of imidazole rings is 1. The summed E-state index contributed by atoms with van der Waals surface area (Å²) in [5, 5.41) is 13.8. The van der Waals surface area contributed by atoms with Crippen molar-refractivity contribution in [2.45, 2.75) is 20.3 Å². The largest absolute Gasteiger partial charge is 0.368 e. The number of nitrogens with one attached hydrogen (secondary N) is 1. The first kappa shape index (κ1) is 22.3. The Morgan fingerprint density at radius 3 is 2.62 bits per heavy atom. The molecule has 4 heterocycles. The van der Waals surface area contributed by atoms with Crippen molar-refractivity contribution >= 4 is 33.6 Å². The van der Waals surface area contributed by atoms with Crippen LogP contribution in [0.5, 0.6) is 0 Å². The Bertz CT molecular complexity index is 1380. The van der Waals surface area contributed by atoms with Crippen LogP contribution in [0.4, 0.5) is 21.0 Å². The molecule has 3 aromatic heterocycles. The molecule has 0 spiro atoms. The van der Waals surface area contributed by atoms with Gasteiger partial charge in [0.2, 0.25) is 0 Å². The maximum Gasteiger partial charge on any atom is 0.192 e. The second-order valence-electron chi connectivity index (χ2n) is 8.40. The standard InChI is InChI=1S/C25H26FN7S/c1-4-20-24(33-15-19(13-16(2)23(33)29-20)32-11-9-28-10-12-32)31(3)25-30-22(21(14-27)34-25)17-5-7-18(26)8-6-17/h5-8,13,15,28H,4,9-12H2,1-3H3. The van der Waals surface area contributed by atoms with Crippen molar-refractivity contribution in [3.8, 4) is 17.3 Å². The summed E-state index contributed by atoms with van der Waals surface area (Å²) >= 11 is 1.33. The first-order valence-corrected chi connectivity index (χ1v) is 12.2. The average molecular weight is 476 g/mol. The number of nitriles is 1. The van der Waals surface area contributed by atoms with Crippen molar-refractivity contribution in [2.75, 3.05) is 43.0 Å². The number of hydrogen-bond acceptors (Lipinski definition) is 7. The van der Waals surface area contributed by atoms with Crippen molar-refractivity contribution in [3.05, 3.63) is 58.5 Å². The number of piperazine rings is 1. The molecule has 0 saturated carbocycles. The molecule has 9 heteroatoms. The molecule has 0 aliphatic carbocycles. The van der Waals surface area contributed by atoms with Gasteiger partial charge in [0, 0.05) is 45.0 Å². The minimum Gasteiger partial charge on any atom is -0.368 e. The molecule has 5 rings (SSSR count). The van der Waals surface area contributed by atoms with Gasteiger partial charge in [0.1, 0.15) is 33.9 Å². The first-order valence-electron chi connectivity index (χ1n) is 11.4. The molecule has 174 valence electrons.